The van der Waals surface area contributed by atoms with Crippen molar-refractivity contribution in [1.82, 2.24) is 21.0 Å². The van der Waals surface area contributed by atoms with E-state index in [1.165, 1.54) is 4.90 Å². The highest BCUT2D eigenvalue weighted by atomic mass is 35.5. The van der Waals surface area contributed by atoms with Crippen molar-refractivity contribution < 1.29 is 33.5 Å². The molecule has 1 aromatic carbocycles. The summed E-state index contributed by atoms with van der Waals surface area (Å²) in [5, 5.41) is 6.26. The number of hydroxylamine groups is 1. The summed E-state index contributed by atoms with van der Waals surface area (Å²) >= 11 is 6.23. The van der Waals surface area contributed by atoms with Gasteiger partial charge in [-0.2, -0.15) is 0 Å². The second kappa shape index (κ2) is 14.2. The highest BCUT2D eigenvalue weighted by molar-refractivity contribution is 6.37. The molecule has 0 bridgehead atoms. The molecule has 3 heterocycles. The molecular formula is C35H48ClN5O7. The number of rotatable bonds is 11. The molecule has 4 amide bonds. The number of nitrogens with one attached hydrogen (secondary N) is 3. The fourth-order valence-electron chi connectivity index (χ4n) is 7.19. The molecule has 13 heteroatoms. The normalized spacial score (nSPS) is 28.3. The highest BCUT2D eigenvalue weighted by Gasteiger charge is 2.54. The Labute approximate surface area is 286 Å². The van der Waals surface area contributed by atoms with Gasteiger partial charge in [0, 0.05) is 23.4 Å². The Balaban J connectivity index is 1.41. The van der Waals surface area contributed by atoms with Gasteiger partial charge in [-0.1, -0.05) is 57.3 Å². The van der Waals surface area contributed by atoms with Gasteiger partial charge in [0.25, 0.3) is 5.91 Å². The molecule has 1 aliphatic carbocycles. The Morgan fingerprint density at radius 2 is 1.77 bits per heavy atom. The maximum Gasteiger partial charge on any atom is 0.287 e. The van der Waals surface area contributed by atoms with Gasteiger partial charge in [0.05, 0.1) is 30.5 Å². The van der Waals surface area contributed by atoms with E-state index in [9.17, 15) is 24.0 Å². The van der Waals surface area contributed by atoms with E-state index >= 15 is 0 Å². The average molecular weight is 686 g/mol. The summed E-state index contributed by atoms with van der Waals surface area (Å²) in [5.74, 6) is -2.97. The monoisotopic (exact) mass is 685 g/mol. The van der Waals surface area contributed by atoms with Crippen LogP contribution < -0.4 is 21.8 Å². The Morgan fingerprint density at radius 1 is 1.08 bits per heavy atom. The molecular weight excluding hydrogens is 638 g/mol. The number of nitrogens with two attached hydrogens (primary N) is 1. The topological polar surface area (TPSA) is 169 Å². The number of amides is 4. The summed E-state index contributed by atoms with van der Waals surface area (Å²) in [5.41, 5.74) is 7.85. The van der Waals surface area contributed by atoms with Crippen LogP contribution in [0.3, 0.4) is 0 Å². The smallest absolute Gasteiger partial charge is 0.287 e. The second-order valence-corrected chi connectivity index (χ2v) is 15.6. The van der Waals surface area contributed by atoms with Crippen molar-refractivity contribution in [3.8, 4) is 0 Å². The van der Waals surface area contributed by atoms with Crippen molar-refractivity contribution in [2.45, 2.75) is 115 Å². The lowest BCUT2D eigenvalue weighted by Crippen LogP contribution is -2.59. The lowest BCUT2D eigenvalue weighted by Gasteiger charge is -2.36. The van der Waals surface area contributed by atoms with Crippen LogP contribution in [-0.4, -0.2) is 76.8 Å². The van der Waals surface area contributed by atoms with E-state index in [4.69, 9.17) is 26.9 Å². The van der Waals surface area contributed by atoms with E-state index in [1.807, 2.05) is 46.8 Å². The van der Waals surface area contributed by atoms with Crippen molar-refractivity contribution in [3.05, 3.63) is 40.9 Å². The van der Waals surface area contributed by atoms with E-state index in [2.05, 4.69) is 16.1 Å². The third-order valence-corrected chi connectivity index (χ3v) is 9.91. The summed E-state index contributed by atoms with van der Waals surface area (Å²) in [6.45, 7) is 9.56. The van der Waals surface area contributed by atoms with Gasteiger partial charge in [0.2, 0.25) is 23.5 Å². The predicted molar refractivity (Wildman–Crippen MR) is 179 cm³/mol. The van der Waals surface area contributed by atoms with Gasteiger partial charge in [0.1, 0.15) is 17.7 Å². The van der Waals surface area contributed by atoms with Gasteiger partial charge >= 0.3 is 0 Å². The fraction of sp³-hybridized carbons (Fsp3) is 0.629. The Kier molecular flexibility index (Phi) is 10.6. The van der Waals surface area contributed by atoms with E-state index in [0.29, 0.717) is 17.1 Å². The molecule has 48 heavy (non-hydrogen) atoms. The molecule has 4 aliphatic rings. The lowest BCUT2D eigenvalue weighted by molar-refractivity contribution is -0.145. The van der Waals surface area contributed by atoms with Crippen LogP contribution in [0.15, 0.2) is 30.3 Å². The average Bonchev–Trinajstić information content (AvgIpc) is 3.59. The van der Waals surface area contributed by atoms with Crippen molar-refractivity contribution in [2.24, 2.45) is 23.0 Å². The number of Topliss-reactive ketones (excluding diaryl/α,β-unsaturated/α-hetero) is 1. The van der Waals surface area contributed by atoms with Crippen molar-refractivity contribution in [1.29, 1.82) is 0 Å². The standard InChI is InChI=1S/C35H48ClN5O7/c1-19-11-22(12-20(2)47-19)14-28(42)39-30(34(3,4)5)33(46)41-18-35(16-26(40-48-35)23-7-6-8-24(36)15-23)17-27(41)32(45)38-25(13-21-9-10-21)29(43)31(37)44/h6-8,15-16,19-22,25,27,30,40H,9-14,17-18H2,1-5H3,(H2,37,44)(H,38,45)(H,39,42)/t19-,20-,25+,27+,30-,35-/m1/s1. The second-order valence-electron chi connectivity index (χ2n) is 15.2. The minimum absolute atomic E-state index is 0.00448. The minimum atomic E-state index is -1.13. The van der Waals surface area contributed by atoms with Gasteiger partial charge in [-0.05, 0) is 68.6 Å². The first-order valence-electron chi connectivity index (χ1n) is 16.9. The molecule has 6 atom stereocenters. The first-order chi connectivity index (χ1) is 22.5. The Bertz CT molecular complexity index is 1460. The first-order valence-corrected chi connectivity index (χ1v) is 17.2. The zero-order valence-electron chi connectivity index (χ0n) is 28.3. The summed E-state index contributed by atoms with van der Waals surface area (Å²) < 4.78 is 5.84. The molecule has 1 aromatic rings. The number of hydrogen-bond acceptors (Lipinski definition) is 8. The molecule has 5 N–H and O–H groups in total. The van der Waals surface area contributed by atoms with Crippen LogP contribution in [0.1, 0.15) is 85.1 Å². The predicted octanol–water partition coefficient (Wildman–Crippen LogP) is 3.02. The molecule has 0 aromatic heterocycles. The van der Waals surface area contributed by atoms with Crippen LogP contribution >= 0.6 is 11.6 Å². The number of halogens is 1. The number of nitrogens with zero attached hydrogens (tertiary/aromatic N) is 1. The van der Waals surface area contributed by atoms with E-state index in [-0.39, 0.29) is 49.3 Å². The quantitative estimate of drug-likeness (QED) is 0.258. The number of carbonyl (C=O) groups is 5. The molecule has 1 spiro atoms. The SMILES string of the molecule is C[C@@H]1CC(CC(=O)N[C@H](C(=O)N2C[C@@]3(C=C(c4cccc(Cl)c4)NO3)C[C@H]2C(=O)N[C@@H](CC2CC2)C(=O)C(N)=O)C(C)(C)C)C[C@@H](C)O1. The molecule has 0 unspecified atom stereocenters. The molecule has 0 radical (unpaired) electrons. The van der Waals surface area contributed by atoms with Crippen molar-refractivity contribution in [3.63, 3.8) is 0 Å². The van der Waals surface area contributed by atoms with Gasteiger partial charge in [0.15, 0.2) is 0 Å². The number of ketones is 1. The Hall–Kier alpha value is -3.48. The van der Waals surface area contributed by atoms with E-state index in [0.717, 1.165) is 31.2 Å². The summed E-state index contributed by atoms with van der Waals surface area (Å²) in [7, 11) is 0. The Morgan fingerprint density at radius 3 is 2.38 bits per heavy atom. The van der Waals surface area contributed by atoms with Crippen LogP contribution in [0.2, 0.25) is 5.02 Å². The van der Waals surface area contributed by atoms with E-state index in [1.54, 1.807) is 18.2 Å². The minimum Gasteiger partial charge on any atom is -0.376 e. The number of hydrogen-bond donors (Lipinski definition) is 4. The molecule has 3 aliphatic heterocycles. The van der Waals surface area contributed by atoms with Crippen LogP contribution in [0, 0.1) is 17.3 Å². The number of carbonyl (C=O) groups excluding carboxylic acids is 5. The van der Waals surface area contributed by atoms with Gasteiger partial charge in [-0.25, -0.2) is 0 Å². The van der Waals surface area contributed by atoms with Crippen molar-refractivity contribution >= 4 is 46.7 Å². The van der Waals surface area contributed by atoms with Crippen molar-refractivity contribution in [2.75, 3.05) is 6.54 Å². The van der Waals surface area contributed by atoms with Crippen LogP contribution in [-0.2, 0) is 33.5 Å². The van der Waals surface area contributed by atoms with Crippen LogP contribution in [0.5, 0.6) is 0 Å². The van der Waals surface area contributed by atoms with E-state index < -0.39 is 52.6 Å². The summed E-state index contributed by atoms with van der Waals surface area (Å²) in [6, 6.07) is 4.05. The first kappa shape index (κ1) is 35.8. The molecule has 12 nitrogen and oxygen atoms in total. The molecule has 5 rings (SSSR count). The number of benzene rings is 1. The van der Waals surface area contributed by atoms with Gasteiger partial charge in [-0.15, -0.1) is 0 Å². The van der Waals surface area contributed by atoms with Gasteiger partial charge in [-0.3, -0.25) is 34.3 Å². The summed E-state index contributed by atoms with van der Waals surface area (Å²) in [6.07, 6.45) is 5.81. The molecule has 2 saturated heterocycles. The number of ether oxygens (including phenoxy) is 1. The zero-order valence-corrected chi connectivity index (χ0v) is 29.1. The fourth-order valence-corrected chi connectivity index (χ4v) is 7.38. The third kappa shape index (κ3) is 8.56. The molecule has 1 saturated carbocycles. The largest absolute Gasteiger partial charge is 0.376 e. The zero-order chi connectivity index (χ0) is 35.0. The van der Waals surface area contributed by atoms with Gasteiger partial charge < -0.3 is 26.0 Å². The number of primary amides is 1. The lowest BCUT2D eigenvalue weighted by atomic mass is 9.84. The number of likely N-dealkylation sites (tertiary alicyclic amines) is 1. The highest BCUT2D eigenvalue weighted by Crippen LogP contribution is 2.40. The van der Waals surface area contributed by atoms with Crippen LogP contribution in [0.4, 0.5) is 0 Å². The third-order valence-electron chi connectivity index (χ3n) is 9.68. The molecule has 3 fully saturated rings. The maximum atomic E-state index is 14.5. The van der Waals surface area contributed by atoms with Crippen LogP contribution in [0.25, 0.3) is 5.70 Å². The summed E-state index contributed by atoms with van der Waals surface area (Å²) in [4.78, 5) is 74.1. The maximum absolute atomic E-state index is 14.5. The molecule has 262 valence electrons.